The highest BCUT2D eigenvalue weighted by Gasteiger charge is 2.41. The lowest BCUT2D eigenvalue weighted by molar-refractivity contribution is -0.128. The zero-order valence-electron chi connectivity index (χ0n) is 12.5. The lowest BCUT2D eigenvalue weighted by Crippen LogP contribution is -2.40. The number of carbonyl (C=O) groups is 1. The van der Waals surface area contributed by atoms with Gasteiger partial charge in [0.15, 0.2) is 0 Å². The Morgan fingerprint density at radius 1 is 1.28 bits per heavy atom. The topological polar surface area (TPSA) is 20.3 Å². The molecule has 2 fully saturated rings. The summed E-state index contributed by atoms with van der Waals surface area (Å²) < 4.78 is 0. The largest absolute Gasteiger partial charge is 0.303 e. The van der Waals surface area contributed by atoms with Gasteiger partial charge < -0.3 is 4.90 Å². The van der Waals surface area contributed by atoms with Crippen molar-refractivity contribution in [2.24, 2.45) is 17.3 Å². The van der Waals surface area contributed by atoms with E-state index in [0.717, 1.165) is 25.3 Å². The number of nitrogens with zero attached hydrogens (tertiary/aromatic N) is 1. The lowest BCUT2D eigenvalue weighted by Gasteiger charge is -2.35. The van der Waals surface area contributed by atoms with E-state index in [1.807, 2.05) is 0 Å². The van der Waals surface area contributed by atoms with Crippen molar-refractivity contribution < 1.29 is 4.79 Å². The molecule has 0 aliphatic heterocycles. The molecule has 0 aromatic rings. The van der Waals surface area contributed by atoms with Crippen molar-refractivity contribution in [1.82, 2.24) is 4.90 Å². The van der Waals surface area contributed by atoms with Crippen molar-refractivity contribution in [2.75, 3.05) is 13.6 Å². The second-order valence-electron chi connectivity index (χ2n) is 7.35. The van der Waals surface area contributed by atoms with Gasteiger partial charge in [-0.3, -0.25) is 4.79 Å². The third-order valence-electron chi connectivity index (χ3n) is 5.20. The van der Waals surface area contributed by atoms with E-state index in [1.54, 1.807) is 0 Å². The first-order valence-electron chi connectivity index (χ1n) is 7.64. The van der Waals surface area contributed by atoms with Crippen molar-refractivity contribution in [2.45, 2.75) is 65.3 Å². The van der Waals surface area contributed by atoms with Gasteiger partial charge in [-0.05, 0) is 38.6 Å². The quantitative estimate of drug-likeness (QED) is 0.765. The summed E-state index contributed by atoms with van der Waals surface area (Å²) in [5.74, 6) is 1.65. The van der Waals surface area contributed by atoms with E-state index in [0.29, 0.717) is 17.7 Å². The molecule has 104 valence electrons. The van der Waals surface area contributed by atoms with Gasteiger partial charge in [0.1, 0.15) is 5.78 Å². The second-order valence-corrected chi connectivity index (χ2v) is 7.35. The van der Waals surface area contributed by atoms with E-state index in [2.05, 4.69) is 32.7 Å². The number of hydrogen-bond donors (Lipinski definition) is 0. The Balaban J connectivity index is 1.88. The van der Waals surface area contributed by atoms with Crippen molar-refractivity contribution in [3.05, 3.63) is 0 Å². The second kappa shape index (κ2) is 5.32. The first kappa shape index (κ1) is 14.0. The number of hydrogen-bond acceptors (Lipinski definition) is 2. The van der Waals surface area contributed by atoms with Crippen molar-refractivity contribution >= 4 is 5.78 Å². The smallest absolute Gasteiger partial charge is 0.142 e. The molecule has 0 aromatic heterocycles. The Kier molecular flexibility index (Phi) is 4.15. The minimum Gasteiger partial charge on any atom is -0.303 e. The summed E-state index contributed by atoms with van der Waals surface area (Å²) in [5.41, 5.74) is -0.0641. The highest BCUT2D eigenvalue weighted by atomic mass is 16.1. The van der Waals surface area contributed by atoms with E-state index >= 15 is 0 Å². The van der Waals surface area contributed by atoms with Crippen LogP contribution in [-0.2, 0) is 4.79 Å². The first-order valence-corrected chi connectivity index (χ1v) is 7.64. The molecule has 2 heteroatoms. The third kappa shape index (κ3) is 2.96. The fraction of sp³-hybridized carbons (Fsp3) is 0.938. The molecular weight excluding hydrogens is 222 g/mol. The zero-order valence-corrected chi connectivity index (χ0v) is 12.5. The van der Waals surface area contributed by atoms with Crippen LogP contribution < -0.4 is 0 Å². The molecule has 0 heterocycles. The molecule has 3 atom stereocenters. The summed E-state index contributed by atoms with van der Waals surface area (Å²) in [7, 11) is 2.22. The van der Waals surface area contributed by atoms with Gasteiger partial charge in [-0.25, -0.2) is 0 Å². The standard InChI is InChI=1S/C16H29NO/c1-12-6-5-7-14(10-12)17(4)11-13-8-9-16(2,3)15(13)18/h12-14H,5-11H2,1-4H3. The summed E-state index contributed by atoms with van der Waals surface area (Å²) >= 11 is 0. The number of ketones is 1. The highest BCUT2D eigenvalue weighted by molar-refractivity contribution is 5.88. The monoisotopic (exact) mass is 251 g/mol. The van der Waals surface area contributed by atoms with Crippen molar-refractivity contribution in [1.29, 1.82) is 0 Å². The van der Waals surface area contributed by atoms with Gasteiger partial charge >= 0.3 is 0 Å². The molecule has 18 heavy (non-hydrogen) atoms. The molecule has 0 amide bonds. The fourth-order valence-corrected chi connectivity index (χ4v) is 3.82. The third-order valence-corrected chi connectivity index (χ3v) is 5.20. The molecule has 2 aliphatic rings. The Hall–Kier alpha value is -0.370. The number of Topliss-reactive ketones (excluding diaryl/α,β-unsaturated/α-hetero) is 1. The van der Waals surface area contributed by atoms with Gasteiger partial charge in [0, 0.05) is 23.9 Å². The Bertz CT molecular complexity index is 310. The van der Waals surface area contributed by atoms with Gasteiger partial charge in [-0.1, -0.05) is 33.6 Å². The minimum atomic E-state index is -0.0641. The molecule has 0 N–H and O–H groups in total. The maximum Gasteiger partial charge on any atom is 0.142 e. The van der Waals surface area contributed by atoms with E-state index < -0.39 is 0 Å². The molecule has 2 nitrogen and oxygen atoms in total. The molecule has 2 saturated carbocycles. The SMILES string of the molecule is CC1CCCC(N(C)CC2CCC(C)(C)C2=O)C1. The maximum atomic E-state index is 12.3. The minimum absolute atomic E-state index is 0.0641. The maximum absolute atomic E-state index is 12.3. The van der Waals surface area contributed by atoms with Crippen LogP contribution in [0.3, 0.4) is 0 Å². The summed E-state index contributed by atoms with van der Waals surface area (Å²) in [4.78, 5) is 14.8. The van der Waals surface area contributed by atoms with Crippen LogP contribution in [0, 0.1) is 17.3 Å². The summed E-state index contributed by atoms with van der Waals surface area (Å²) in [5, 5.41) is 0. The Labute approximate surface area is 112 Å². The van der Waals surface area contributed by atoms with E-state index in [1.165, 1.54) is 25.7 Å². The van der Waals surface area contributed by atoms with Gasteiger partial charge in [0.25, 0.3) is 0 Å². The van der Waals surface area contributed by atoms with Crippen molar-refractivity contribution in [3.63, 3.8) is 0 Å². The van der Waals surface area contributed by atoms with Crippen LogP contribution in [0.2, 0.25) is 0 Å². The molecule has 3 unspecified atom stereocenters. The predicted octanol–water partition coefficient (Wildman–Crippen LogP) is 3.50. The molecule has 0 radical (unpaired) electrons. The Morgan fingerprint density at radius 3 is 2.56 bits per heavy atom. The van der Waals surface area contributed by atoms with Crippen LogP contribution >= 0.6 is 0 Å². The molecular formula is C16H29NO. The first-order chi connectivity index (χ1) is 8.40. The number of carbonyl (C=O) groups excluding carboxylic acids is 1. The van der Waals surface area contributed by atoms with Crippen LogP contribution in [0.15, 0.2) is 0 Å². The molecule has 0 saturated heterocycles. The normalized spacial score (nSPS) is 36.3. The fourth-order valence-electron chi connectivity index (χ4n) is 3.82. The molecule has 0 aromatic carbocycles. The molecule has 0 bridgehead atoms. The predicted molar refractivity (Wildman–Crippen MR) is 75.6 cm³/mol. The summed E-state index contributed by atoms with van der Waals surface area (Å²) in [6.45, 7) is 7.57. The van der Waals surface area contributed by atoms with Crippen LogP contribution in [-0.4, -0.2) is 30.3 Å². The van der Waals surface area contributed by atoms with Crippen LogP contribution in [0.5, 0.6) is 0 Å². The van der Waals surface area contributed by atoms with Gasteiger partial charge in [0.2, 0.25) is 0 Å². The van der Waals surface area contributed by atoms with E-state index in [4.69, 9.17) is 0 Å². The van der Waals surface area contributed by atoms with Gasteiger partial charge in [-0.2, -0.15) is 0 Å². The van der Waals surface area contributed by atoms with Crippen LogP contribution in [0.4, 0.5) is 0 Å². The molecule has 2 rings (SSSR count). The zero-order chi connectivity index (χ0) is 13.3. The summed E-state index contributed by atoms with van der Waals surface area (Å²) in [6, 6.07) is 0.713. The molecule has 2 aliphatic carbocycles. The van der Waals surface area contributed by atoms with Crippen molar-refractivity contribution in [3.8, 4) is 0 Å². The molecule has 0 spiro atoms. The lowest BCUT2D eigenvalue weighted by atomic mass is 9.85. The highest BCUT2D eigenvalue weighted by Crippen LogP contribution is 2.38. The summed E-state index contributed by atoms with van der Waals surface area (Å²) in [6.07, 6.45) is 7.57. The number of rotatable bonds is 3. The average Bonchev–Trinajstić information content (AvgIpc) is 2.56. The van der Waals surface area contributed by atoms with Crippen LogP contribution in [0.25, 0.3) is 0 Å². The van der Waals surface area contributed by atoms with E-state index in [-0.39, 0.29) is 5.41 Å². The van der Waals surface area contributed by atoms with Crippen LogP contribution in [0.1, 0.15) is 59.3 Å². The Morgan fingerprint density at radius 2 is 2.00 bits per heavy atom. The average molecular weight is 251 g/mol. The van der Waals surface area contributed by atoms with Gasteiger partial charge in [0.05, 0.1) is 0 Å². The van der Waals surface area contributed by atoms with E-state index in [9.17, 15) is 4.79 Å². The van der Waals surface area contributed by atoms with Gasteiger partial charge in [-0.15, -0.1) is 0 Å².